The number of alkyl halides is 3. The van der Waals surface area contributed by atoms with E-state index in [1.807, 2.05) is 67.4 Å². The van der Waals surface area contributed by atoms with Crippen LogP contribution in [0.5, 0.6) is 0 Å². The molecule has 0 aliphatic carbocycles. The predicted octanol–water partition coefficient (Wildman–Crippen LogP) is 7.42. The van der Waals surface area contributed by atoms with Gasteiger partial charge in [-0.3, -0.25) is 4.79 Å². The summed E-state index contributed by atoms with van der Waals surface area (Å²) in [7, 11) is 1.93. The van der Waals surface area contributed by atoms with Gasteiger partial charge >= 0.3 is 12.1 Å². The summed E-state index contributed by atoms with van der Waals surface area (Å²) in [5.74, 6) is -0.173. The largest absolute Gasteiger partial charge is 0.481 e. The maximum absolute atomic E-state index is 13.0. The molecule has 0 aliphatic rings. The van der Waals surface area contributed by atoms with Crippen LogP contribution in [0.25, 0.3) is 22.5 Å². The van der Waals surface area contributed by atoms with Gasteiger partial charge < -0.3 is 14.5 Å². The minimum Gasteiger partial charge on any atom is -0.481 e. The molecule has 0 unspecified atom stereocenters. The molecule has 1 heterocycles. The molecule has 8 heteroatoms. The fraction of sp³-hybridized carbons (Fsp3) is 0.267. The smallest absolute Gasteiger partial charge is 0.416 e. The van der Waals surface area contributed by atoms with Gasteiger partial charge in [-0.15, -0.1) is 0 Å². The maximum atomic E-state index is 13.0. The lowest BCUT2D eigenvalue weighted by atomic mass is 10.00. The standard InChI is InChI=1S/C30H29F3N2O3/c1-20-28(35(2)18-4-6-22-5-3-7-26(19-22)30(31,32)33)29(38-34-20)25-15-13-24(14-16-25)23-11-8-21(9-12-23)10-17-27(36)37/h3,5,7-9,11-16,19H,4,6,10,17-18H2,1-2H3,(H,36,37). The van der Waals surface area contributed by atoms with Gasteiger partial charge in [-0.05, 0) is 54.5 Å². The Morgan fingerprint density at radius 2 is 1.55 bits per heavy atom. The third kappa shape index (κ3) is 6.62. The molecule has 0 spiro atoms. The average molecular weight is 523 g/mol. The van der Waals surface area contributed by atoms with Crippen LogP contribution in [-0.4, -0.2) is 29.8 Å². The highest BCUT2D eigenvalue weighted by Crippen LogP contribution is 2.35. The summed E-state index contributed by atoms with van der Waals surface area (Å²) in [4.78, 5) is 12.8. The Morgan fingerprint density at radius 3 is 2.18 bits per heavy atom. The highest BCUT2D eigenvalue weighted by atomic mass is 19.4. The van der Waals surface area contributed by atoms with Crippen LogP contribution >= 0.6 is 0 Å². The number of benzene rings is 3. The Hall–Kier alpha value is -4.07. The molecule has 1 aromatic heterocycles. The predicted molar refractivity (Wildman–Crippen MR) is 141 cm³/mol. The van der Waals surface area contributed by atoms with E-state index in [9.17, 15) is 18.0 Å². The van der Waals surface area contributed by atoms with Crippen LogP contribution in [0, 0.1) is 6.92 Å². The van der Waals surface area contributed by atoms with E-state index in [2.05, 4.69) is 5.16 Å². The lowest BCUT2D eigenvalue weighted by Crippen LogP contribution is -2.20. The number of anilines is 1. The third-order valence-corrected chi connectivity index (χ3v) is 6.49. The summed E-state index contributed by atoms with van der Waals surface area (Å²) in [6.45, 7) is 2.49. The van der Waals surface area contributed by atoms with Crippen LogP contribution in [0.15, 0.2) is 77.3 Å². The van der Waals surface area contributed by atoms with Crippen molar-refractivity contribution in [1.29, 1.82) is 0 Å². The first-order valence-electron chi connectivity index (χ1n) is 12.4. The number of hydrogen-bond donors (Lipinski definition) is 1. The number of carboxylic acids is 1. The van der Waals surface area contributed by atoms with Gasteiger partial charge in [0.05, 0.1) is 5.56 Å². The summed E-state index contributed by atoms with van der Waals surface area (Å²) >= 11 is 0. The summed E-state index contributed by atoms with van der Waals surface area (Å²) in [6.07, 6.45) is -2.55. The minimum absolute atomic E-state index is 0.104. The zero-order chi connectivity index (χ0) is 27.3. The number of aliphatic carboxylic acids is 1. The van der Waals surface area contributed by atoms with Crippen molar-refractivity contribution < 1.29 is 27.6 Å². The van der Waals surface area contributed by atoms with Crippen molar-refractivity contribution in [3.63, 3.8) is 0 Å². The molecule has 198 valence electrons. The summed E-state index contributed by atoms with van der Waals surface area (Å²) in [5, 5.41) is 13.0. The SMILES string of the molecule is Cc1noc(-c2ccc(-c3ccc(CCC(=O)O)cc3)cc2)c1N(C)CCCc1cccc(C(F)(F)F)c1. The van der Waals surface area contributed by atoms with Gasteiger partial charge in [0.15, 0.2) is 5.76 Å². The summed E-state index contributed by atoms with van der Waals surface area (Å²) in [5.41, 5.74) is 5.51. The number of rotatable bonds is 10. The van der Waals surface area contributed by atoms with Gasteiger partial charge in [0.25, 0.3) is 0 Å². The first-order valence-corrected chi connectivity index (χ1v) is 12.4. The van der Waals surface area contributed by atoms with Gasteiger partial charge in [-0.1, -0.05) is 71.9 Å². The van der Waals surface area contributed by atoms with E-state index in [-0.39, 0.29) is 6.42 Å². The number of carbonyl (C=O) groups is 1. The van der Waals surface area contributed by atoms with E-state index < -0.39 is 17.7 Å². The lowest BCUT2D eigenvalue weighted by Gasteiger charge is -2.19. The summed E-state index contributed by atoms with van der Waals surface area (Å²) in [6, 6.07) is 21.2. The quantitative estimate of drug-likeness (QED) is 0.235. The van der Waals surface area contributed by atoms with Crippen molar-refractivity contribution in [2.24, 2.45) is 0 Å². The average Bonchev–Trinajstić information content (AvgIpc) is 3.29. The van der Waals surface area contributed by atoms with Gasteiger partial charge in [0.2, 0.25) is 0 Å². The summed E-state index contributed by atoms with van der Waals surface area (Å²) < 4.78 is 44.7. The number of aryl methyl sites for hydroxylation is 3. The van der Waals surface area contributed by atoms with Crippen LogP contribution in [0.4, 0.5) is 18.9 Å². The molecule has 3 aromatic carbocycles. The molecule has 0 aliphatic heterocycles. The second-order valence-corrected chi connectivity index (χ2v) is 9.34. The second kappa shape index (κ2) is 11.5. The molecular weight excluding hydrogens is 493 g/mol. The van der Waals surface area contributed by atoms with Crippen molar-refractivity contribution in [1.82, 2.24) is 5.16 Å². The van der Waals surface area contributed by atoms with Gasteiger partial charge in [0.1, 0.15) is 11.4 Å². The molecule has 0 saturated carbocycles. The third-order valence-electron chi connectivity index (χ3n) is 6.49. The second-order valence-electron chi connectivity index (χ2n) is 9.34. The molecule has 0 fully saturated rings. The van der Waals surface area contributed by atoms with Gasteiger partial charge in [0, 0.05) is 25.6 Å². The molecule has 0 atom stereocenters. The van der Waals surface area contributed by atoms with Crippen molar-refractivity contribution >= 4 is 11.7 Å². The van der Waals surface area contributed by atoms with Crippen LogP contribution in [-0.2, 0) is 23.8 Å². The van der Waals surface area contributed by atoms with E-state index in [1.54, 1.807) is 6.07 Å². The molecule has 0 bridgehead atoms. The molecular formula is C30H29F3N2O3. The maximum Gasteiger partial charge on any atom is 0.416 e. The number of carboxylic acid groups (broad SMARTS) is 1. The Bertz CT molecular complexity index is 1380. The molecule has 38 heavy (non-hydrogen) atoms. The highest BCUT2D eigenvalue weighted by Gasteiger charge is 2.30. The van der Waals surface area contributed by atoms with Crippen molar-refractivity contribution in [3.8, 4) is 22.5 Å². The van der Waals surface area contributed by atoms with Crippen molar-refractivity contribution in [3.05, 3.63) is 95.2 Å². The van der Waals surface area contributed by atoms with Crippen molar-refractivity contribution in [2.75, 3.05) is 18.5 Å². The van der Waals surface area contributed by atoms with Crippen LogP contribution in [0.2, 0.25) is 0 Å². The zero-order valence-corrected chi connectivity index (χ0v) is 21.3. The van der Waals surface area contributed by atoms with Crippen LogP contribution in [0.1, 0.15) is 35.2 Å². The fourth-order valence-electron chi connectivity index (χ4n) is 4.47. The normalized spacial score (nSPS) is 11.5. The molecule has 4 aromatic rings. The number of halogens is 3. The molecule has 4 rings (SSSR count). The molecule has 1 N–H and O–H groups in total. The molecule has 0 radical (unpaired) electrons. The van der Waals surface area contributed by atoms with E-state index in [0.717, 1.165) is 39.7 Å². The molecule has 0 saturated heterocycles. The first kappa shape index (κ1) is 27.0. The number of nitrogens with zero attached hydrogens (tertiary/aromatic N) is 2. The zero-order valence-electron chi connectivity index (χ0n) is 21.3. The van der Waals surface area contributed by atoms with Gasteiger partial charge in [-0.25, -0.2) is 0 Å². The van der Waals surface area contributed by atoms with E-state index in [1.165, 1.54) is 12.1 Å². The minimum atomic E-state index is -4.35. The lowest BCUT2D eigenvalue weighted by molar-refractivity contribution is -0.138. The van der Waals surface area contributed by atoms with Crippen LogP contribution < -0.4 is 4.90 Å². The number of hydrogen-bond acceptors (Lipinski definition) is 4. The Kier molecular flexibility index (Phi) is 8.20. The topological polar surface area (TPSA) is 66.6 Å². The van der Waals surface area contributed by atoms with Gasteiger partial charge in [-0.2, -0.15) is 13.2 Å². The van der Waals surface area contributed by atoms with Crippen molar-refractivity contribution in [2.45, 2.75) is 38.8 Å². The molecule has 5 nitrogen and oxygen atoms in total. The van der Waals surface area contributed by atoms with E-state index in [0.29, 0.717) is 37.1 Å². The number of aromatic nitrogens is 1. The monoisotopic (exact) mass is 522 g/mol. The first-order chi connectivity index (χ1) is 18.1. The van der Waals surface area contributed by atoms with E-state index >= 15 is 0 Å². The van der Waals surface area contributed by atoms with Crippen LogP contribution in [0.3, 0.4) is 0 Å². The molecule has 0 amide bonds. The Balaban J connectivity index is 1.42. The Morgan fingerprint density at radius 1 is 0.921 bits per heavy atom. The Labute approximate surface area is 219 Å². The fourth-order valence-corrected chi connectivity index (χ4v) is 4.47. The van der Waals surface area contributed by atoms with E-state index in [4.69, 9.17) is 9.63 Å². The highest BCUT2D eigenvalue weighted by molar-refractivity contribution is 5.77.